The first-order chi connectivity index (χ1) is 7.36. The lowest BCUT2D eigenvalue weighted by atomic mass is 10.0. The average molecular weight is 206 g/mol. The minimum Gasteiger partial charge on any atom is -0.306 e. The molecular weight excluding hydrogens is 192 g/mol. The number of nitrogens with zero attached hydrogens (tertiary/aromatic N) is 2. The van der Waals surface area contributed by atoms with E-state index in [1.807, 2.05) is 0 Å². The van der Waals surface area contributed by atoms with Crippen LogP contribution in [0.1, 0.15) is 19.3 Å². The predicted molar refractivity (Wildman–Crippen MR) is 56.3 cm³/mol. The molecule has 5 nitrogen and oxygen atoms in total. The quantitative estimate of drug-likeness (QED) is 0.742. The highest BCUT2D eigenvalue weighted by atomic mass is 16.2. The summed E-state index contributed by atoms with van der Waals surface area (Å²) in [7, 11) is 0. The average Bonchev–Trinajstić information content (AvgIpc) is 2.31. The van der Waals surface area contributed by atoms with Crippen molar-refractivity contribution in [1.29, 1.82) is 0 Å². The van der Waals surface area contributed by atoms with Gasteiger partial charge in [0.15, 0.2) is 0 Å². The summed E-state index contributed by atoms with van der Waals surface area (Å²) in [5, 5.41) is 5.86. The second kappa shape index (κ2) is 4.84. The molecule has 0 aromatic carbocycles. The lowest BCUT2D eigenvalue weighted by Gasteiger charge is -2.21. The third-order valence-corrected chi connectivity index (χ3v) is 2.43. The maximum absolute atomic E-state index is 11.7. The fraction of sp³-hybridized carbons (Fsp3) is 0.500. The van der Waals surface area contributed by atoms with Gasteiger partial charge < -0.3 is 5.32 Å². The van der Waals surface area contributed by atoms with Crippen LogP contribution in [0.3, 0.4) is 0 Å². The van der Waals surface area contributed by atoms with Crippen molar-refractivity contribution >= 4 is 11.9 Å². The minimum absolute atomic E-state index is 0.0408. The first kappa shape index (κ1) is 10.0. The molecule has 1 aromatic heterocycles. The van der Waals surface area contributed by atoms with Crippen LogP contribution in [0.25, 0.3) is 0 Å². The molecule has 0 aliphatic carbocycles. The van der Waals surface area contributed by atoms with Gasteiger partial charge in [0.05, 0.1) is 6.04 Å². The van der Waals surface area contributed by atoms with Gasteiger partial charge in [-0.3, -0.25) is 10.1 Å². The predicted octanol–water partition coefficient (Wildman–Crippen LogP) is 0.557. The molecule has 1 fully saturated rings. The largest absolute Gasteiger partial charge is 0.306 e. The van der Waals surface area contributed by atoms with Gasteiger partial charge in [0.1, 0.15) is 0 Å². The number of rotatable bonds is 2. The number of piperidine rings is 1. The van der Waals surface area contributed by atoms with E-state index in [1.165, 1.54) is 0 Å². The molecule has 1 unspecified atom stereocenters. The van der Waals surface area contributed by atoms with Crippen LogP contribution < -0.4 is 10.6 Å². The van der Waals surface area contributed by atoms with Crippen LogP contribution in [0.2, 0.25) is 0 Å². The Balaban J connectivity index is 1.91. The molecule has 80 valence electrons. The number of nitrogens with one attached hydrogen (secondary N) is 2. The highest BCUT2D eigenvalue weighted by Crippen LogP contribution is 2.08. The minimum atomic E-state index is -0.0949. The molecule has 1 atom stereocenters. The van der Waals surface area contributed by atoms with Crippen molar-refractivity contribution in [3.8, 4) is 0 Å². The van der Waals surface area contributed by atoms with E-state index in [0.29, 0.717) is 5.95 Å². The van der Waals surface area contributed by atoms with Crippen molar-refractivity contribution in [3.05, 3.63) is 18.5 Å². The van der Waals surface area contributed by atoms with Gasteiger partial charge in [0.2, 0.25) is 11.9 Å². The van der Waals surface area contributed by atoms with Gasteiger partial charge in [0, 0.05) is 12.4 Å². The van der Waals surface area contributed by atoms with Gasteiger partial charge in [-0.05, 0) is 25.5 Å². The number of carbonyl (C=O) groups is 1. The van der Waals surface area contributed by atoms with Crippen LogP contribution in [0, 0.1) is 0 Å². The van der Waals surface area contributed by atoms with Crippen LogP contribution in [0.5, 0.6) is 0 Å². The third-order valence-electron chi connectivity index (χ3n) is 2.43. The van der Waals surface area contributed by atoms with E-state index in [0.717, 1.165) is 25.8 Å². The summed E-state index contributed by atoms with van der Waals surface area (Å²) in [6.45, 7) is 0.910. The molecule has 0 bridgehead atoms. The van der Waals surface area contributed by atoms with Crippen molar-refractivity contribution in [2.24, 2.45) is 0 Å². The van der Waals surface area contributed by atoms with Gasteiger partial charge in [-0.2, -0.15) is 0 Å². The molecule has 0 radical (unpaired) electrons. The Morgan fingerprint density at radius 3 is 2.87 bits per heavy atom. The zero-order valence-corrected chi connectivity index (χ0v) is 8.44. The second-order valence-corrected chi connectivity index (χ2v) is 3.56. The van der Waals surface area contributed by atoms with E-state index in [2.05, 4.69) is 20.6 Å². The van der Waals surface area contributed by atoms with E-state index in [4.69, 9.17) is 0 Å². The molecule has 2 N–H and O–H groups in total. The number of amides is 1. The van der Waals surface area contributed by atoms with E-state index in [1.54, 1.807) is 18.5 Å². The molecule has 1 amide bonds. The third kappa shape index (κ3) is 2.73. The maximum Gasteiger partial charge on any atom is 0.243 e. The fourth-order valence-corrected chi connectivity index (χ4v) is 1.64. The summed E-state index contributed by atoms with van der Waals surface area (Å²) in [6, 6.07) is 1.62. The summed E-state index contributed by atoms with van der Waals surface area (Å²) in [5.74, 6) is 0.329. The Morgan fingerprint density at radius 2 is 2.20 bits per heavy atom. The standard InChI is InChI=1S/C10H14N4O/c15-9(8-4-1-2-5-11-8)14-10-12-6-3-7-13-10/h3,6-8,11H,1-2,4-5H2,(H,12,13,14,15). The number of carbonyl (C=O) groups excluding carboxylic acids is 1. The monoisotopic (exact) mass is 206 g/mol. The molecule has 0 saturated carbocycles. The zero-order valence-electron chi connectivity index (χ0n) is 8.44. The second-order valence-electron chi connectivity index (χ2n) is 3.56. The fourth-order valence-electron chi connectivity index (χ4n) is 1.64. The van der Waals surface area contributed by atoms with Crippen molar-refractivity contribution in [1.82, 2.24) is 15.3 Å². The molecule has 2 heterocycles. The summed E-state index contributed by atoms with van der Waals surface area (Å²) >= 11 is 0. The highest BCUT2D eigenvalue weighted by molar-refractivity contribution is 5.93. The number of aromatic nitrogens is 2. The van der Waals surface area contributed by atoms with Gasteiger partial charge in [-0.15, -0.1) is 0 Å². The highest BCUT2D eigenvalue weighted by Gasteiger charge is 2.20. The Bertz CT molecular complexity index is 321. The first-order valence-corrected chi connectivity index (χ1v) is 5.17. The molecule has 1 aliphatic heterocycles. The zero-order chi connectivity index (χ0) is 10.5. The van der Waals surface area contributed by atoms with E-state index in [-0.39, 0.29) is 11.9 Å². The lowest BCUT2D eigenvalue weighted by molar-refractivity contribution is -0.118. The van der Waals surface area contributed by atoms with E-state index in [9.17, 15) is 4.79 Å². The summed E-state index contributed by atoms with van der Waals surface area (Å²) in [4.78, 5) is 19.6. The van der Waals surface area contributed by atoms with E-state index >= 15 is 0 Å². The van der Waals surface area contributed by atoms with Crippen LogP contribution in [-0.2, 0) is 4.79 Å². The number of hydrogen-bond acceptors (Lipinski definition) is 4. The van der Waals surface area contributed by atoms with Crippen molar-refractivity contribution in [3.63, 3.8) is 0 Å². The molecular formula is C10H14N4O. The number of anilines is 1. The Labute approximate surface area is 88.3 Å². The molecule has 1 saturated heterocycles. The normalized spacial score (nSPS) is 20.9. The van der Waals surface area contributed by atoms with Gasteiger partial charge >= 0.3 is 0 Å². The molecule has 0 spiro atoms. The molecule has 2 rings (SSSR count). The van der Waals surface area contributed by atoms with Crippen molar-refractivity contribution < 1.29 is 4.79 Å². The van der Waals surface area contributed by atoms with Gasteiger partial charge in [-0.25, -0.2) is 9.97 Å². The van der Waals surface area contributed by atoms with Crippen LogP contribution >= 0.6 is 0 Å². The summed E-state index contributed by atoms with van der Waals surface area (Å²) < 4.78 is 0. The molecule has 1 aliphatic rings. The van der Waals surface area contributed by atoms with Crippen LogP contribution in [0.4, 0.5) is 5.95 Å². The summed E-state index contributed by atoms with van der Waals surface area (Å²) in [5.41, 5.74) is 0. The van der Waals surface area contributed by atoms with Gasteiger partial charge in [-0.1, -0.05) is 6.42 Å². The first-order valence-electron chi connectivity index (χ1n) is 5.17. The molecule has 5 heteroatoms. The van der Waals surface area contributed by atoms with E-state index < -0.39 is 0 Å². The smallest absolute Gasteiger partial charge is 0.243 e. The Hall–Kier alpha value is -1.49. The molecule has 1 aromatic rings. The number of hydrogen-bond donors (Lipinski definition) is 2. The Kier molecular flexibility index (Phi) is 3.24. The van der Waals surface area contributed by atoms with Crippen molar-refractivity contribution in [2.45, 2.75) is 25.3 Å². The molecule has 15 heavy (non-hydrogen) atoms. The van der Waals surface area contributed by atoms with Crippen molar-refractivity contribution in [2.75, 3.05) is 11.9 Å². The maximum atomic E-state index is 11.7. The lowest BCUT2D eigenvalue weighted by Crippen LogP contribution is -2.43. The topological polar surface area (TPSA) is 66.9 Å². The SMILES string of the molecule is O=C(Nc1ncccn1)C1CCCCN1. The summed E-state index contributed by atoms with van der Waals surface area (Å²) in [6.07, 6.45) is 6.35. The van der Waals surface area contributed by atoms with Gasteiger partial charge in [0.25, 0.3) is 0 Å². The Morgan fingerprint density at radius 1 is 1.40 bits per heavy atom. The van der Waals surface area contributed by atoms with Crippen LogP contribution in [0.15, 0.2) is 18.5 Å². The van der Waals surface area contributed by atoms with Crippen LogP contribution in [-0.4, -0.2) is 28.5 Å².